The van der Waals surface area contributed by atoms with Crippen LogP contribution in [0.4, 0.5) is 5.82 Å². The molecule has 0 spiro atoms. The first-order valence-corrected chi connectivity index (χ1v) is 5.33. The van der Waals surface area contributed by atoms with Gasteiger partial charge in [0, 0.05) is 0 Å². The fourth-order valence-electron chi connectivity index (χ4n) is 0.749. The van der Waals surface area contributed by atoms with Gasteiger partial charge in [0.1, 0.15) is 6.04 Å². The van der Waals surface area contributed by atoms with Crippen LogP contribution in [-0.2, 0) is 13.9 Å². The molecule has 0 saturated carbocycles. The summed E-state index contributed by atoms with van der Waals surface area (Å²) in [5, 5.41) is 11.8. The SMILES string of the molecule is C[C@H](Nc1c[nH]nn1)C(=O)OP(=O)(O)O. The molecule has 0 radical (unpaired) electrons. The van der Waals surface area contributed by atoms with Crippen molar-refractivity contribution in [2.45, 2.75) is 13.0 Å². The fourth-order valence-corrected chi connectivity index (χ4v) is 1.14. The van der Waals surface area contributed by atoms with E-state index in [4.69, 9.17) is 9.79 Å². The maximum atomic E-state index is 11.0. The zero-order valence-corrected chi connectivity index (χ0v) is 8.51. The second-order valence-electron chi connectivity index (χ2n) is 2.63. The topological polar surface area (TPSA) is 137 Å². The van der Waals surface area contributed by atoms with Crippen LogP contribution in [-0.4, -0.2) is 37.2 Å². The number of nitrogens with zero attached hydrogens (tertiary/aromatic N) is 2. The third-order valence-electron chi connectivity index (χ3n) is 1.34. The lowest BCUT2D eigenvalue weighted by Gasteiger charge is -2.12. The number of anilines is 1. The quantitative estimate of drug-likeness (QED) is 0.500. The molecule has 0 saturated heterocycles. The van der Waals surface area contributed by atoms with Crippen molar-refractivity contribution in [2.24, 2.45) is 0 Å². The van der Waals surface area contributed by atoms with Crippen LogP contribution in [0.2, 0.25) is 0 Å². The Bertz CT molecular complexity index is 373. The minimum Gasteiger partial charge on any atom is -0.369 e. The second-order valence-corrected chi connectivity index (χ2v) is 3.79. The maximum absolute atomic E-state index is 11.0. The lowest BCUT2D eigenvalue weighted by Crippen LogP contribution is -2.27. The molecule has 1 aromatic rings. The molecule has 1 rings (SSSR count). The highest BCUT2D eigenvalue weighted by atomic mass is 31.2. The van der Waals surface area contributed by atoms with E-state index >= 15 is 0 Å². The molecule has 0 aromatic carbocycles. The summed E-state index contributed by atoms with van der Waals surface area (Å²) in [6.45, 7) is 1.37. The van der Waals surface area contributed by atoms with E-state index in [0.29, 0.717) is 0 Å². The number of nitrogens with one attached hydrogen (secondary N) is 2. The Morgan fingerprint density at radius 1 is 1.73 bits per heavy atom. The zero-order valence-electron chi connectivity index (χ0n) is 7.62. The Balaban J connectivity index is 2.51. The number of aromatic amines is 1. The van der Waals surface area contributed by atoms with Crippen molar-refractivity contribution in [3.63, 3.8) is 0 Å². The molecule has 4 N–H and O–H groups in total. The molecule has 84 valence electrons. The minimum atomic E-state index is -4.80. The van der Waals surface area contributed by atoms with Crippen molar-refractivity contribution in [1.29, 1.82) is 0 Å². The van der Waals surface area contributed by atoms with Crippen molar-refractivity contribution in [2.75, 3.05) is 5.32 Å². The van der Waals surface area contributed by atoms with Gasteiger partial charge in [-0.3, -0.25) is 14.9 Å². The molecule has 9 nitrogen and oxygen atoms in total. The monoisotopic (exact) mass is 236 g/mol. The number of aromatic nitrogens is 3. The molecule has 1 aromatic heterocycles. The van der Waals surface area contributed by atoms with Crippen LogP contribution in [0.25, 0.3) is 0 Å². The third-order valence-corrected chi connectivity index (χ3v) is 1.76. The van der Waals surface area contributed by atoms with Crippen LogP contribution in [0, 0.1) is 0 Å². The Morgan fingerprint density at radius 3 is 2.87 bits per heavy atom. The predicted octanol–water partition coefficient (Wildman–Crippen LogP) is -0.759. The molecule has 0 bridgehead atoms. The molecule has 0 aliphatic rings. The first-order chi connectivity index (χ1) is 6.88. The van der Waals surface area contributed by atoms with Crippen molar-refractivity contribution in [3.8, 4) is 0 Å². The molecule has 0 unspecified atom stereocenters. The summed E-state index contributed by atoms with van der Waals surface area (Å²) in [7, 11) is -4.80. The van der Waals surface area contributed by atoms with E-state index in [9.17, 15) is 9.36 Å². The van der Waals surface area contributed by atoms with Gasteiger partial charge >= 0.3 is 13.8 Å². The highest BCUT2D eigenvalue weighted by Gasteiger charge is 2.25. The molecule has 0 amide bonds. The average molecular weight is 236 g/mol. The van der Waals surface area contributed by atoms with Gasteiger partial charge in [-0.2, -0.15) is 0 Å². The van der Waals surface area contributed by atoms with E-state index in [2.05, 4.69) is 25.3 Å². The molecular weight excluding hydrogens is 227 g/mol. The largest absolute Gasteiger partial charge is 0.527 e. The molecule has 15 heavy (non-hydrogen) atoms. The van der Waals surface area contributed by atoms with Crippen LogP contribution in [0.5, 0.6) is 0 Å². The Morgan fingerprint density at radius 2 is 2.40 bits per heavy atom. The normalized spacial score (nSPS) is 13.3. The summed E-state index contributed by atoms with van der Waals surface area (Å²) in [6.07, 6.45) is 1.38. The van der Waals surface area contributed by atoms with Crippen LogP contribution < -0.4 is 5.32 Å². The first-order valence-electron chi connectivity index (χ1n) is 3.80. The predicted molar refractivity (Wildman–Crippen MR) is 47.6 cm³/mol. The summed E-state index contributed by atoms with van der Waals surface area (Å²) in [5.41, 5.74) is 0. The molecule has 10 heteroatoms. The minimum absolute atomic E-state index is 0.269. The van der Waals surface area contributed by atoms with Crippen molar-refractivity contribution < 1.29 is 23.7 Å². The number of hydrogen-bond donors (Lipinski definition) is 4. The molecule has 1 heterocycles. The summed E-state index contributed by atoms with van der Waals surface area (Å²) in [4.78, 5) is 27.8. The van der Waals surface area contributed by atoms with Crippen LogP contribution in [0.3, 0.4) is 0 Å². The van der Waals surface area contributed by atoms with Gasteiger partial charge in [-0.05, 0) is 6.92 Å². The Kier molecular flexibility index (Phi) is 3.40. The molecule has 0 aliphatic heterocycles. The number of phosphoric ester groups is 1. The number of phosphoric acid groups is 1. The number of carbonyl (C=O) groups excluding carboxylic acids is 1. The smallest absolute Gasteiger partial charge is 0.369 e. The summed E-state index contributed by atoms with van der Waals surface area (Å²) in [6, 6.07) is -0.942. The average Bonchev–Trinajstić information content (AvgIpc) is 2.53. The number of rotatable bonds is 4. The maximum Gasteiger partial charge on any atom is 0.527 e. The van der Waals surface area contributed by atoms with Gasteiger partial charge in [0.25, 0.3) is 0 Å². The van der Waals surface area contributed by atoms with Gasteiger partial charge in [0.15, 0.2) is 5.82 Å². The van der Waals surface area contributed by atoms with E-state index in [0.717, 1.165) is 0 Å². The zero-order chi connectivity index (χ0) is 11.5. The van der Waals surface area contributed by atoms with Crippen LogP contribution >= 0.6 is 7.82 Å². The van der Waals surface area contributed by atoms with Gasteiger partial charge in [-0.15, -0.1) is 5.10 Å². The second kappa shape index (κ2) is 4.39. The summed E-state index contributed by atoms with van der Waals surface area (Å²) >= 11 is 0. The Labute approximate surface area is 84.1 Å². The van der Waals surface area contributed by atoms with Crippen LogP contribution in [0.1, 0.15) is 6.92 Å². The number of carbonyl (C=O) groups is 1. The van der Waals surface area contributed by atoms with E-state index < -0.39 is 19.8 Å². The lowest BCUT2D eigenvalue weighted by molar-refractivity contribution is -0.136. The first kappa shape index (κ1) is 11.6. The van der Waals surface area contributed by atoms with Crippen molar-refractivity contribution >= 4 is 19.6 Å². The highest BCUT2D eigenvalue weighted by molar-refractivity contribution is 7.46. The molecule has 0 aliphatic carbocycles. The summed E-state index contributed by atoms with van der Waals surface area (Å²) < 4.78 is 14.2. The molecular formula is C5H9N4O5P. The number of hydrogen-bond acceptors (Lipinski definition) is 6. The Hall–Kier alpha value is -1.44. The van der Waals surface area contributed by atoms with E-state index in [1.807, 2.05) is 0 Å². The van der Waals surface area contributed by atoms with Gasteiger partial charge in [-0.1, -0.05) is 5.21 Å². The van der Waals surface area contributed by atoms with E-state index in [-0.39, 0.29) is 5.82 Å². The van der Waals surface area contributed by atoms with Gasteiger partial charge in [0.05, 0.1) is 6.20 Å². The highest BCUT2D eigenvalue weighted by Crippen LogP contribution is 2.36. The summed E-state index contributed by atoms with van der Waals surface area (Å²) in [5.74, 6) is -0.809. The van der Waals surface area contributed by atoms with Crippen molar-refractivity contribution in [3.05, 3.63) is 6.20 Å². The van der Waals surface area contributed by atoms with Gasteiger partial charge in [0.2, 0.25) is 0 Å². The van der Waals surface area contributed by atoms with E-state index in [1.165, 1.54) is 13.1 Å². The van der Waals surface area contributed by atoms with Gasteiger partial charge in [-0.25, -0.2) is 9.36 Å². The fraction of sp³-hybridized carbons (Fsp3) is 0.400. The molecule has 0 fully saturated rings. The van der Waals surface area contributed by atoms with Gasteiger partial charge < -0.3 is 9.84 Å². The van der Waals surface area contributed by atoms with E-state index in [1.54, 1.807) is 0 Å². The third kappa shape index (κ3) is 4.07. The van der Waals surface area contributed by atoms with Crippen molar-refractivity contribution in [1.82, 2.24) is 15.4 Å². The van der Waals surface area contributed by atoms with Crippen LogP contribution in [0.15, 0.2) is 6.20 Å². The standard InChI is InChI=1S/C5H9N4O5P/c1-3(5(10)14-15(11,12)13)7-4-2-6-9-8-4/h2-3H,1H3,(H2,11,12,13)(H2,6,7,8,9)/t3-/m0/s1. The lowest BCUT2D eigenvalue weighted by atomic mass is 10.3. The number of H-pyrrole nitrogens is 1. The molecule has 1 atom stereocenters.